The van der Waals surface area contributed by atoms with E-state index in [2.05, 4.69) is 31.3 Å². The number of sulfonamides is 1. The highest BCUT2D eigenvalue weighted by Crippen LogP contribution is 2.44. The number of aromatic nitrogens is 5. The molecule has 37 heavy (non-hydrogen) atoms. The van der Waals surface area contributed by atoms with E-state index in [9.17, 15) is 8.42 Å². The number of hydrogen-bond donors (Lipinski definition) is 2. The van der Waals surface area contributed by atoms with Gasteiger partial charge < -0.3 is 15.0 Å². The minimum Gasteiger partial charge on any atom is -0.495 e. The highest BCUT2D eigenvalue weighted by Gasteiger charge is 2.42. The maximum Gasteiger partial charge on any atom is 0.229 e. The minimum absolute atomic E-state index is 0.267. The standard InChI is InChI=1S/C24H26N8O3S2/c1-15-11-18(16(2)32(15)30-13-26-27-14-30)23-22(19-7-5-6-10-25-19)28-24(36)31(23)17-8-9-21(35-3)20(12-17)29-37(4,33)34/h5-14,22-23,29H,1-4H3,(H,28,36)/t22-,23-/m0/s1. The highest BCUT2D eigenvalue weighted by atomic mass is 32.2. The van der Waals surface area contributed by atoms with Gasteiger partial charge in [-0.3, -0.25) is 14.4 Å². The Morgan fingerprint density at radius 2 is 1.86 bits per heavy atom. The summed E-state index contributed by atoms with van der Waals surface area (Å²) in [7, 11) is -2.05. The van der Waals surface area contributed by atoms with Crippen molar-refractivity contribution in [1.29, 1.82) is 0 Å². The molecule has 11 nitrogen and oxygen atoms in total. The number of hydrogen-bond acceptors (Lipinski definition) is 7. The zero-order chi connectivity index (χ0) is 26.3. The molecule has 1 aliphatic heterocycles. The van der Waals surface area contributed by atoms with Crippen molar-refractivity contribution in [2.24, 2.45) is 0 Å². The van der Waals surface area contributed by atoms with E-state index in [-0.39, 0.29) is 12.1 Å². The molecular weight excluding hydrogens is 512 g/mol. The van der Waals surface area contributed by atoms with Crippen LogP contribution in [0.5, 0.6) is 5.75 Å². The Hall–Kier alpha value is -3.97. The molecule has 0 aliphatic carbocycles. The molecule has 0 saturated carbocycles. The number of pyridine rings is 1. The number of anilines is 2. The van der Waals surface area contributed by atoms with Crippen LogP contribution in [0.15, 0.2) is 61.3 Å². The van der Waals surface area contributed by atoms with Crippen molar-refractivity contribution in [3.8, 4) is 5.75 Å². The van der Waals surface area contributed by atoms with Gasteiger partial charge in [0.15, 0.2) is 5.11 Å². The van der Waals surface area contributed by atoms with Crippen LogP contribution < -0.4 is 19.7 Å². The molecule has 1 aromatic carbocycles. The van der Waals surface area contributed by atoms with Gasteiger partial charge in [-0.25, -0.2) is 13.1 Å². The summed E-state index contributed by atoms with van der Waals surface area (Å²) in [5.74, 6) is 0.399. The van der Waals surface area contributed by atoms with E-state index in [1.807, 2.05) is 52.4 Å². The number of benzene rings is 1. The largest absolute Gasteiger partial charge is 0.495 e. The maximum atomic E-state index is 12.0. The smallest absolute Gasteiger partial charge is 0.229 e. The van der Waals surface area contributed by atoms with Gasteiger partial charge in [0.05, 0.1) is 36.8 Å². The lowest BCUT2D eigenvalue weighted by molar-refractivity contribution is 0.417. The van der Waals surface area contributed by atoms with Crippen LogP contribution in [0, 0.1) is 13.8 Å². The Balaban J connectivity index is 1.68. The van der Waals surface area contributed by atoms with Gasteiger partial charge in [-0.2, -0.15) is 0 Å². The zero-order valence-electron chi connectivity index (χ0n) is 20.7. The Morgan fingerprint density at radius 3 is 2.51 bits per heavy atom. The fourth-order valence-corrected chi connectivity index (χ4v) is 5.71. The third kappa shape index (κ3) is 4.62. The molecule has 3 aromatic heterocycles. The summed E-state index contributed by atoms with van der Waals surface area (Å²) in [6.45, 7) is 4.04. The van der Waals surface area contributed by atoms with Gasteiger partial charge in [-0.05, 0) is 62.5 Å². The monoisotopic (exact) mass is 538 g/mol. The normalized spacial score (nSPS) is 17.6. The Labute approximate surface area is 220 Å². The first kappa shape index (κ1) is 24.7. The van der Waals surface area contributed by atoms with Gasteiger partial charge >= 0.3 is 0 Å². The van der Waals surface area contributed by atoms with Gasteiger partial charge in [0.2, 0.25) is 10.0 Å². The number of nitrogens with zero attached hydrogens (tertiary/aromatic N) is 6. The molecule has 13 heteroatoms. The van der Waals surface area contributed by atoms with E-state index in [0.29, 0.717) is 22.2 Å². The molecule has 1 aliphatic rings. The molecule has 2 atom stereocenters. The van der Waals surface area contributed by atoms with E-state index in [4.69, 9.17) is 17.0 Å². The molecule has 4 aromatic rings. The average Bonchev–Trinajstić information content (AvgIpc) is 3.56. The lowest BCUT2D eigenvalue weighted by Crippen LogP contribution is -2.29. The highest BCUT2D eigenvalue weighted by molar-refractivity contribution is 7.92. The second-order valence-corrected chi connectivity index (χ2v) is 10.9. The zero-order valence-corrected chi connectivity index (χ0v) is 22.3. The molecular formula is C24H26N8O3S2. The minimum atomic E-state index is -3.54. The summed E-state index contributed by atoms with van der Waals surface area (Å²) in [5.41, 5.74) is 4.82. The molecule has 0 bridgehead atoms. The predicted octanol–water partition coefficient (Wildman–Crippen LogP) is 2.96. The number of thiocarbonyl (C=S) groups is 1. The molecule has 0 amide bonds. The topological polar surface area (TPSA) is 119 Å². The van der Waals surface area contributed by atoms with Crippen LogP contribution in [-0.2, 0) is 10.0 Å². The summed E-state index contributed by atoms with van der Waals surface area (Å²) in [4.78, 5) is 6.59. The van der Waals surface area contributed by atoms with Gasteiger partial charge in [0.25, 0.3) is 0 Å². The van der Waals surface area contributed by atoms with E-state index in [1.54, 1.807) is 31.0 Å². The fraction of sp³-hybridized carbons (Fsp3) is 0.250. The van der Waals surface area contributed by atoms with Gasteiger partial charge in [0.1, 0.15) is 18.4 Å². The predicted molar refractivity (Wildman–Crippen MR) is 144 cm³/mol. The van der Waals surface area contributed by atoms with E-state index >= 15 is 0 Å². The first-order valence-corrected chi connectivity index (χ1v) is 13.7. The molecule has 4 heterocycles. The van der Waals surface area contributed by atoms with Crippen LogP contribution in [0.25, 0.3) is 0 Å². The van der Waals surface area contributed by atoms with Crippen LogP contribution >= 0.6 is 12.2 Å². The SMILES string of the molecule is COc1ccc(N2C(=S)N[C@@H](c3ccccn3)[C@@H]2c2cc(C)n(-n3cnnc3)c2C)cc1NS(C)(=O)=O. The Kier molecular flexibility index (Phi) is 6.33. The summed E-state index contributed by atoms with van der Waals surface area (Å²) >= 11 is 5.84. The van der Waals surface area contributed by atoms with E-state index in [1.165, 1.54) is 7.11 Å². The second-order valence-electron chi connectivity index (χ2n) is 8.74. The van der Waals surface area contributed by atoms with Crippen LogP contribution in [0.4, 0.5) is 11.4 Å². The molecule has 0 spiro atoms. The molecule has 5 rings (SSSR count). The van der Waals surface area contributed by atoms with Gasteiger partial charge in [-0.1, -0.05) is 6.07 Å². The quantitative estimate of drug-likeness (QED) is 0.342. The number of ether oxygens (including phenoxy) is 1. The third-order valence-electron chi connectivity index (χ3n) is 6.24. The van der Waals surface area contributed by atoms with Crippen molar-refractivity contribution in [3.05, 3.63) is 84.0 Å². The Bertz CT molecular complexity index is 1550. The molecule has 192 valence electrons. The summed E-state index contributed by atoms with van der Waals surface area (Å²) < 4.78 is 35.9. The average molecular weight is 539 g/mol. The number of nitrogens with one attached hydrogen (secondary N) is 2. The van der Waals surface area contributed by atoms with Crippen LogP contribution in [-0.4, -0.2) is 51.4 Å². The molecule has 1 fully saturated rings. The fourth-order valence-electron chi connectivity index (χ4n) is 4.81. The molecule has 2 N–H and O–H groups in total. The molecule has 0 radical (unpaired) electrons. The van der Waals surface area contributed by atoms with Crippen molar-refractivity contribution < 1.29 is 13.2 Å². The molecule has 1 saturated heterocycles. The summed E-state index contributed by atoms with van der Waals surface area (Å²) in [6.07, 6.45) is 6.13. The third-order valence-corrected chi connectivity index (χ3v) is 7.15. The number of rotatable bonds is 7. The summed E-state index contributed by atoms with van der Waals surface area (Å²) in [5, 5.41) is 11.8. The van der Waals surface area contributed by atoms with Gasteiger partial charge in [-0.15, -0.1) is 10.2 Å². The Morgan fingerprint density at radius 1 is 1.11 bits per heavy atom. The number of methoxy groups -OCH3 is 1. The first-order valence-electron chi connectivity index (χ1n) is 11.4. The van der Waals surface area contributed by atoms with Crippen molar-refractivity contribution >= 4 is 38.7 Å². The van der Waals surface area contributed by atoms with Gasteiger partial charge in [0, 0.05) is 28.8 Å². The maximum absolute atomic E-state index is 12.0. The van der Waals surface area contributed by atoms with E-state index in [0.717, 1.165) is 28.9 Å². The van der Waals surface area contributed by atoms with Crippen molar-refractivity contribution in [3.63, 3.8) is 0 Å². The summed E-state index contributed by atoms with van der Waals surface area (Å²) in [6, 6.07) is 12.6. The first-order chi connectivity index (χ1) is 17.7. The van der Waals surface area contributed by atoms with Crippen LogP contribution in [0.1, 0.15) is 34.7 Å². The van der Waals surface area contributed by atoms with Crippen LogP contribution in [0.2, 0.25) is 0 Å². The lowest BCUT2D eigenvalue weighted by Gasteiger charge is -2.29. The second kappa shape index (κ2) is 9.48. The van der Waals surface area contributed by atoms with Crippen molar-refractivity contribution in [2.75, 3.05) is 23.0 Å². The van der Waals surface area contributed by atoms with E-state index < -0.39 is 10.0 Å². The lowest BCUT2D eigenvalue weighted by atomic mass is 9.96. The number of aryl methyl sites for hydroxylation is 1. The van der Waals surface area contributed by atoms with Crippen molar-refractivity contribution in [2.45, 2.75) is 25.9 Å². The van der Waals surface area contributed by atoms with Crippen LogP contribution in [0.3, 0.4) is 0 Å². The molecule has 0 unspecified atom stereocenters. The van der Waals surface area contributed by atoms with Crippen molar-refractivity contribution in [1.82, 2.24) is 29.9 Å².